The van der Waals surface area contributed by atoms with Crippen LogP contribution in [0.3, 0.4) is 0 Å². The monoisotopic (exact) mass is 247 g/mol. The molecule has 0 aromatic heterocycles. The number of benzene rings is 1. The number of halogens is 2. The van der Waals surface area contributed by atoms with Crippen molar-refractivity contribution in [2.24, 2.45) is 0 Å². The highest BCUT2D eigenvalue weighted by atomic mass is 35.5. The van der Waals surface area contributed by atoms with E-state index in [1.54, 1.807) is 13.2 Å². The van der Waals surface area contributed by atoms with Crippen molar-refractivity contribution in [3.63, 3.8) is 0 Å². The summed E-state index contributed by atoms with van der Waals surface area (Å²) < 4.78 is 23.0. The Balaban J connectivity index is 2.21. The lowest BCUT2D eigenvalue weighted by Gasteiger charge is -2.07. The SMILES string of the molecule is COCCOCCNc1cc(F)cc(Cl)c1. The van der Waals surface area contributed by atoms with E-state index in [4.69, 9.17) is 21.1 Å². The number of ether oxygens (including phenoxy) is 2. The molecule has 1 rings (SSSR count). The second-order valence-corrected chi connectivity index (χ2v) is 3.63. The number of hydrogen-bond donors (Lipinski definition) is 1. The standard InChI is InChI=1S/C11H15ClFNO2/c1-15-4-5-16-3-2-14-11-7-9(12)6-10(13)8-11/h6-8,14H,2-5H2,1H3. The summed E-state index contributed by atoms with van der Waals surface area (Å²) >= 11 is 5.70. The predicted octanol–water partition coefficient (Wildman–Crippen LogP) is 2.55. The summed E-state index contributed by atoms with van der Waals surface area (Å²) in [7, 11) is 1.62. The molecule has 0 unspecified atom stereocenters. The van der Waals surface area contributed by atoms with E-state index in [0.29, 0.717) is 37.1 Å². The van der Waals surface area contributed by atoms with Gasteiger partial charge in [0.25, 0.3) is 0 Å². The van der Waals surface area contributed by atoms with E-state index in [1.165, 1.54) is 12.1 Å². The molecule has 0 amide bonds. The van der Waals surface area contributed by atoms with E-state index >= 15 is 0 Å². The molecule has 0 spiro atoms. The zero-order valence-corrected chi connectivity index (χ0v) is 9.89. The maximum atomic E-state index is 12.9. The molecule has 0 heterocycles. The van der Waals surface area contributed by atoms with Crippen LogP contribution in [0, 0.1) is 5.82 Å². The zero-order valence-electron chi connectivity index (χ0n) is 9.13. The molecule has 1 aromatic carbocycles. The highest BCUT2D eigenvalue weighted by Crippen LogP contribution is 2.17. The van der Waals surface area contributed by atoms with Gasteiger partial charge >= 0.3 is 0 Å². The van der Waals surface area contributed by atoms with Crippen molar-refractivity contribution in [1.82, 2.24) is 0 Å². The highest BCUT2D eigenvalue weighted by Gasteiger charge is 1.98. The van der Waals surface area contributed by atoms with Gasteiger partial charge in [-0.15, -0.1) is 0 Å². The highest BCUT2D eigenvalue weighted by molar-refractivity contribution is 6.30. The Kier molecular flexibility index (Phi) is 6.15. The Hall–Kier alpha value is -0.840. The smallest absolute Gasteiger partial charge is 0.126 e. The average molecular weight is 248 g/mol. The Bertz CT molecular complexity index is 303. The quantitative estimate of drug-likeness (QED) is 0.752. The molecule has 1 aromatic rings. The lowest BCUT2D eigenvalue weighted by molar-refractivity contribution is 0.0759. The molecular weight excluding hydrogens is 233 g/mol. The molecule has 3 nitrogen and oxygen atoms in total. The van der Waals surface area contributed by atoms with Crippen molar-refractivity contribution in [2.45, 2.75) is 0 Å². The molecule has 90 valence electrons. The molecule has 5 heteroatoms. The molecule has 0 saturated carbocycles. The molecule has 16 heavy (non-hydrogen) atoms. The molecule has 0 fully saturated rings. The second-order valence-electron chi connectivity index (χ2n) is 3.19. The van der Waals surface area contributed by atoms with Gasteiger partial charge in [-0.25, -0.2) is 4.39 Å². The lowest BCUT2D eigenvalue weighted by Crippen LogP contribution is -2.12. The summed E-state index contributed by atoms with van der Waals surface area (Å²) in [4.78, 5) is 0. The van der Waals surface area contributed by atoms with Gasteiger partial charge in [0.1, 0.15) is 5.82 Å². The maximum Gasteiger partial charge on any atom is 0.126 e. The predicted molar refractivity (Wildman–Crippen MR) is 62.6 cm³/mol. The van der Waals surface area contributed by atoms with Crippen molar-refractivity contribution < 1.29 is 13.9 Å². The van der Waals surface area contributed by atoms with E-state index in [9.17, 15) is 4.39 Å². The van der Waals surface area contributed by atoms with Gasteiger partial charge in [0.05, 0.1) is 19.8 Å². The summed E-state index contributed by atoms with van der Waals surface area (Å²) in [6.45, 7) is 2.27. The van der Waals surface area contributed by atoms with Crippen LogP contribution in [-0.4, -0.2) is 33.5 Å². The van der Waals surface area contributed by atoms with Crippen LogP contribution in [0.2, 0.25) is 5.02 Å². The Morgan fingerprint density at radius 1 is 1.25 bits per heavy atom. The fraction of sp³-hybridized carbons (Fsp3) is 0.455. The number of rotatable bonds is 7. The van der Waals surface area contributed by atoms with Crippen molar-refractivity contribution in [1.29, 1.82) is 0 Å². The van der Waals surface area contributed by atoms with Gasteiger partial charge in [-0.2, -0.15) is 0 Å². The van der Waals surface area contributed by atoms with E-state index in [0.717, 1.165) is 0 Å². The van der Waals surface area contributed by atoms with Gasteiger partial charge in [-0.1, -0.05) is 11.6 Å². The van der Waals surface area contributed by atoms with E-state index in [-0.39, 0.29) is 5.82 Å². The number of nitrogens with one attached hydrogen (secondary N) is 1. The third kappa shape index (κ3) is 5.30. The van der Waals surface area contributed by atoms with Crippen molar-refractivity contribution in [3.8, 4) is 0 Å². The summed E-state index contributed by atoms with van der Waals surface area (Å²) in [5, 5.41) is 3.39. The molecule has 0 radical (unpaired) electrons. The number of anilines is 1. The molecule has 0 aliphatic rings. The van der Waals surface area contributed by atoms with Gasteiger partial charge in [-0.3, -0.25) is 0 Å². The first-order valence-corrected chi connectivity index (χ1v) is 5.37. The normalized spacial score (nSPS) is 10.4. The number of hydrogen-bond acceptors (Lipinski definition) is 3. The summed E-state index contributed by atoms with van der Waals surface area (Å²) in [6.07, 6.45) is 0. The van der Waals surface area contributed by atoms with Gasteiger partial charge in [0.15, 0.2) is 0 Å². The minimum Gasteiger partial charge on any atom is -0.383 e. The van der Waals surface area contributed by atoms with Crippen LogP contribution in [0.1, 0.15) is 0 Å². The Morgan fingerprint density at radius 2 is 2.06 bits per heavy atom. The fourth-order valence-electron chi connectivity index (χ4n) is 1.17. The van der Waals surface area contributed by atoms with Gasteiger partial charge < -0.3 is 14.8 Å². The second kappa shape index (κ2) is 7.44. The van der Waals surface area contributed by atoms with Crippen LogP contribution < -0.4 is 5.32 Å². The molecular formula is C11H15ClFNO2. The van der Waals surface area contributed by atoms with Crippen LogP contribution in [-0.2, 0) is 9.47 Å². The first kappa shape index (κ1) is 13.2. The molecule has 0 aliphatic heterocycles. The van der Waals surface area contributed by atoms with Crippen LogP contribution >= 0.6 is 11.6 Å². The van der Waals surface area contributed by atoms with Crippen molar-refractivity contribution in [2.75, 3.05) is 38.8 Å². The molecule has 0 bridgehead atoms. The third-order valence-corrected chi connectivity index (χ3v) is 2.09. The van der Waals surface area contributed by atoms with Crippen LogP contribution in [0.25, 0.3) is 0 Å². The van der Waals surface area contributed by atoms with Crippen molar-refractivity contribution in [3.05, 3.63) is 29.0 Å². The van der Waals surface area contributed by atoms with Crippen LogP contribution in [0.4, 0.5) is 10.1 Å². The minimum atomic E-state index is -0.352. The molecule has 0 aliphatic carbocycles. The minimum absolute atomic E-state index is 0.352. The fourth-order valence-corrected chi connectivity index (χ4v) is 1.39. The van der Waals surface area contributed by atoms with E-state index < -0.39 is 0 Å². The van der Waals surface area contributed by atoms with Gasteiger partial charge in [0, 0.05) is 24.4 Å². The summed E-state index contributed by atoms with van der Waals surface area (Å²) in [5.41, 5.74) is 0.653. The molecule has 1 N–H and O–H groups in total. The zero-order chi connectivity index (χ0) is 11.8. The van der Waals surface area contributed by atoms with Crippen LogP contribution in [0.15, 0.2) is 18.2 Å². The Morgan fingerprint density at radius 3 is 2.75 bits per heavy atom. The average Bonchev–Trinajstić information content (AvgIpc) is 2.22. The first-order chi connectivity index (χ1) is 7.72. The number of methoxy groups -OCH3 is 1. The summed E-state index contributed by atoms with van der Waals surface area (Å²) in [6, 6.07) is 4.32. The van der Waals surface area contributed by atoms with E-state index in [1.807, 2.05) is 0 Å². The van der Waals surface area contributed by atoms with Crippen LogP contribution in [0.5, 0.6) is 0 Å². The lowest BCUT2D eigenvalue weighted by atomic mass is 10.3. The first-order valence-electron chi connectivity index (χ1n) is 4.99. The van der Waals surface area contributed by atoms with Gasteiger partial charge in [-0.05, 0) is 18.2 Å². The largest absolute Gasteiger partial charge is 0.383 e. The Labute approximate surface area is 99.5 Å². The topological polar surface area (TPSA) is 30.5 Å². The molecule has 0 saturated heterocycles. The van der Waals surface area contributed by atoms with Crippen molar-refractivity contribution >= 4 is 17.3 Å². The summed E-state index contributed by atoms with van der Waals surface area (Å²) in [5.74, 6) is -0.352. The maximum absolute atomic E-state index is 12.9. The van der Waals surface area contributed by atoms with Gasteiger partial charge in [0.2, 0.25) is 0 Å². The third-order valence-electron chi connectivity index (χ3n) is 1.87. The molecule has 0 atom stereocenters. The van der Waals surface area contributed by atoms with E-state index in [2.05, 4.69) is 5.32 Å².